The van der Waals surface area contributed by atoms with Gasteiger partial charge in [-0.2, -0.15) is 0 Å². The van der Waals surface area contributed by atoms with Gasteiger partial charge in [0.25, 0.3) is 0 Å². The Hall–Kier alpha value is -2.49. The van der Waals surface area contributed by atoms with E-state index in [4.69, 9.17) is 0 Å². The fraction of sp³-hybridized carbons (Fsp3) is 0. The lowest BCUT2D eigenvalue weighted by Gasteiger charge is -2.04. The molecule has 1 aromatic carbocycles. The Kier molecular flexibility index (Phi) is 2.19. The zero-order valence-electron chi connectivity index (χ0n) is 8.95. The molecule has 4 heteroatoms. The van der Waals surface area contributed by atoms with E-state index in [1.807, 2.05) is 28.8 Å². The molecule has 82 valence electrons. The quantitative estimate of drug-likeness (QED) is 0.626. The van der Waals surface area contributed by atoms with Crippen LogP contribution in [0.25, 0.3) is 17.0 Å². The summed E-state index contributed by atoms with van der Waals surface area (Å²) in [6.45, 7) is 0. The van der Waals surface area contributed by atoms with E-state index in [-0.39, 0.29) is 0 Å². The third-order valence-corrected chi connectivity index (χ3v) is 2.65. The number of carbonyl (C=O) groups is 1. The number of benzene rings is 1. The highest BCUT2D eigenvalue weighted by atomic mass is 16.1. The first kappa shape index (κ1) is 9.72. The second kappa shape index (κ2) is 3.83. The summed E-state index contributed by atoms with van der Waals surface area (Å²) in [5.41, 5.74) is 2.70. The van der Waals surface area contributed by atoms with Gasteiger partial charge in [0, 0.05) is 24.2 Å². The van der Waals surface area contributed by atoms with Crippen LogP contribution in [0.3, 0.4) is 0 Å². The maximum absolute atomic E-state index is 10.6. The number of nitrogens with zero attached hydrogens (tertiary/aromatic N) is 3. The molecular weight excluding hydrogens is 214 g/mol. The van der Waals surface area contributed by atoms with Gasteiger partial charge in [-0.25, -0.2) is 9.97 Å². The summed E-state index contributed by atoms with van der Waals surface area (Å²) in [5.74, 6) is 0.668. The molecule has 0 aliphatic heterocycles. The maximum Gasteiger partial charge on any atom is 0.234 e. The molecule has 17 heavy (non-hydrogen) atoms. The van der Waals surface area contributed by atoms with Crippen LogP contribution in [0.2, 0.25) is 0 Å². The Morgan fingerprint density at radius 3 is 2.53 bits per heavy atom. The van der Waals surface area contributed by atoms with E-state index in [1.165, 1.54) is 0 Å². The highest BCUT2D eigenvalue weighted by Gasteiger charge is 2.03. The van der Waals surface area contributed by atoms with E-state index in [0.29, 0.717) is 11.3 Å². The van der Waals surface area contributed by atoms with Crippen molar-refractivity contribution in [2.45, 2.75) is 0 Å². The monoisotopic (exact) mass is 223 g/mol. The number of aldehydes is 1. The number of carbonyl (C=O) groups excluding carboxylic acids is 1. The fourth-order valence-corrected chi connectivity index (χ4v) is 1.80. The minimum atomic E-state index is 0.668. The van der Waals surface area contributed by atoms with E-state index >= 15 is 0 Å². The van der Waals surface area contributed by atoms with Crippen LogP contribution in [0.4, 0.5) is 0 Å². The summed E-state index contributed by atoms with van der Waals surface area (Å²) in [6.07, 6.45) is 6.14. The van der Waals surface area contributed by atoms with E-state index < -0.39 is 0 Å². The number of imidazole rings is 1. The Morgan fingerprint density at radius 2 is 1.76 bits per heavy atom. The topological polar surface area (TPSA) is 47.3 Å². The van der Waals surface area contributed by atoms with E-state index in [2.05, 4.69) is 9.97 Å². The molecule has 3 aromatic rings. The van der Waals surface area contributed by atoms with Gasteiger partial charge in [-0.3, -0.25) is 9.20 Å². The van der Waals surface area contributed by atoms with Crippen LogP contribution in [0.5, 0.6) is 0 Å². The van der Waals surface area contributed by atoms with Crippen molar-refractivity contribution in [3.63, 3.8) is 0 Å². The number of aromatic nitrogens is 3. The molecule has 0 unspecified atom stereocenters. The summed E-state index contributed by atoms with van der Waals surface area (Å²) in [4.78, 5) is 18.9. The van der Waals surface area contributed by atoms with Gasteiger partial charge in [0.1, 0.15) is 6.29 Å². The predicted molar refractivity (Wildman–Crippen MR) is 63.8 cm³/mol. The van der Waals surface area contributed by atoms with Gasteiger partial charge in [-0.05, 0) is 11.6 Å². The van der Waals surface area contributed by atoms with Crippen molar-refractivity contribution < 1.29 is 4.79 Å². The highest BCUT2D eigenvalue weighted by Crippen LogP contribution is 2.19. The number of hydrogen-bond donors (Lipinski definition) is 0. The Bertz CT molecular complexity index is 670. The molecule has 0 bridgehead atoms. The average molecular weight is 223 g/mol. The lowest BCUT2D eigenvalue weighted by atomic mass is 10.1. The van der Waals surface area contributed by atoms with Crippen LogP contribution in [-0.2, 0) is 0 Å². The zero-order chi connectivity index (χ0) is 11.7. The van der Waals surface area contributed by atoms with Crippen LogP contribution < -0.4 is 0 Å². The zero-order valence-corrected chi connectivity index (χ0v) is 8.95. The number of hydrogen-bond acceptors (Lipinski definition) is 3. The Labute approximate surface area is 97.6 Å². The van der Waals surface area contributed by atoms with Gasteiger partial charge >= 0.3 is 0 Å². The van der Waals surface area contributed by atoms with Gasteiger partial charge in [-0.15, -0.1) is 0 Å². The number of fused-ring (bicyclic) bond motifs is 1. The first-order chi connectivity index (χ1) is 8.38. The lowest BCUT2D eigenvalue weighted by molar-refractivity contribution is 0.112. The first-order valence-electron chi connectivity index (χ1n) is 5.22. The van der Waals surface area contributed by atoms with E-state index in [0.717, 1.165) is 17.5 Å². The molecule has 2 heterocycles. The van der Waals surface area contributed by atoms with Crippen molar-refractivity contribution in [2.24, 2.45) is 0 Å². The molecule has 0 radical (unpaired) electrons. The molecule has 0 N–H and O–H groups in total. The molecule has 0 aliphatic carbocycles. The van der Waals surface area contributed by atoms with Gasteiger partial charge < -0.3 is 0 Å². The molecule has 0 aliphatic rings. The fourth-order valence-electron chi connectivity index (χ4n) is 1.80. The molecule has 0 spiro atoms. The molecule has 0 amide bonds. The van der Waals surface area contributed by atoms with Gasteiger partial charge in [0.15, 0.2) is 0 Å². The van der Waals surface area contributed by atoms with Crippen molar-refractivity contribution >= 4 is 12.1 Å². The average Bonchev–Trinajstić information content (AvgIpc) is 2.87. The Morgan fingerprint density at radius 1 is 1.00 bits per heavy atom. The summed E-state index contributed by atoms with van der Waals surface area (Å²) in [7, 11) is 0. The SMILES string of the molecule is O=Cc1ccc(-c2ccnc3nccn23)cc1. The van der Waals surface area contributed by atoms with Crippen molar-refractivity contribution in [1.29, 1.82) is 0 Å². The van der Waals surface area contributed by atoms with Crippen LogP contribution in [0.15, 0.2) is 48.9 Å². The minimum absolute atomic E-state index is 0.668. The molecule has 4 nitrogen and oxygen atoms in total. The standard InChI is InChI=1S/C13H9N3O/c17-9-10-1-3-11(4-2-10)12-5-6-14-13-15-7-8-16(12)13/h1-9H. The molecule has 3 rings (SSSR count). The summed E-state index contributed by atoms with van der Waals surface area (Å²) in [5, 5.41) is 0. The van der Waals surface area contributed by atoms with Crippen molar-refractivity contribution in [2.75, 3.05) is 0 Å². The normalized spacial score (nSPS) is 10.6. The maximum atomic E-state index is 10.6. The summed E-state index contributed by atoms with van der Waals surface area (Å²) < 4.78 is 1.91. The molecule has 0 fully saturated rings. The summed E-state index contributed by atoms with van der Waals surface area (Å²) >= 11 is 0. The molecule has 0 atom stereocenters. The Balaban J connectivity index is 2.19. The third kappa shape index (κ3) is 1.59. The smallest absolute Gasteiger partial charge is 0.234 e. The predicted octanol–water partition coefficient (Wildman–Crippen LogP) is 2.21. The third-order valence-electron chi connectivity index (χ3n) is 2.65. The summed E-state index contributed by atoms with van der Waals surface area (Å²) in [6, 6.07) is 9.35. The van der Waals surface area contributed by atoms with Gasteiger partial charge in [0.2, 0.25) is 5.78 Å². The lowest BCUT2D eigenvalue weighted by Crippen LogP contribution is -1.93. The molecule has 0 saturated heterocycles. The van der Waals surface area contributed by atoms with Crippen LogP contribution >= 0.6 is 0 Å². The second-order valence-electron chi connectivity index (χ2n) is 3.67. The molecule has 2 aromatic heterocycles. The second-order valence-corrected chi connectivity index (χ2v) is 3.67. The number of rotatable bonds is 2. The van der Waals surface area contributed by atoms with E-state index in [9.17, 15) is 4.79 Å². The molecular formula is C13H9N3O. The molecule has 0 saturated carbocycles. The van der Waals surface area contributed by atoms with E-state index in [1.54, 1.807) is 24.5 Å². The highest BCUT2D eigenvalue weighted by molar-refractivity contribution is 5.76. The van der Waals surface area contributed by atoms with Crippen molar-refractivity contribution in [3.05, 3.63) is 54.5 Å². The van der Waals surface area contributed by atoms with Gasteiger partial charge in [-0.1, -0.05) is 24.3 Å². The van der Waals surface area contributed by atoms with Crippen LogP contribution in [0, 0.1) is 0 Å². The largest absolute Gasteiger partial charge is 0.298 e. The van der Waals surface area contributed by atoms with Gasteiger partial charge in [0.05, 0.1) is 5.69 Å². The van der Waals surface area contributed by atoms with Crippen molar-refractivity contribution in [1.82, 2.24) is 14.4 Å². The van der Waals surface area contributed by atoms with Crippen molar-refractivity contribution in [3.8, 4) is 11.3 Å². The first-order valence-corrected chi connectivity index (χ1v) is 5.22. The van der Waals surface area contributed by atoms with Crippen LogP contribution in [-0.4, -0.2) is 20.7 Å². The van der Waals surface area contributed by atoms with Crippen LogP contribution in [0.1, 0.15) is 10.4 Å². The minimum Gasteiger partial charge on any atom is -0.298 e.